The highest BCUT2D eigenvalue weighted by Gasteiger charge is 2.22. The van der Waals surface area contributed by atoms with Crippen molar-refractivity contribution < 1.29 is 23.7 Å². The molecule has 1 heterocycles. The lowest BCUT2D eigenvalue weighted by atomic mass is 9.95. The smallest absolute Gasteiger partial charge is 0.220 e. The number of benzene rings is 2. The predicted molar refractivity (Wildman–Crippen MR) is 111 cm³/mol. The molecule has 1 unspecified atom stereocenters. The number of nitrogens with one attached hydrogen (secondary N) is 1. The van der Waals surface area contributed by atoms with E-state index in [1.54, 1.807) is 14.2 Å². The van der Waals surface area contributed by atoms with Gasteiger partial charge in [-0.05, 0) is 41.7 Å². The molecular formula is C23H29NO5. The van der Waals surface area contributed by atoms with E-state index >= 15 is 0 Å². The van der Waals surface area contributed by atoms with Gasteiger partial charge in [0.05, 0.1) is 20.3 Å². The van der Waals surface area contributed by atoms with Crippen LogP contribution in [0.4, 0.5) is 0 Å². The number of rotatable bonds is 8. The molecular weight excluding hydrogens is 370 g/mol. The molecule has 1 aliphatic rings. The van der Waals surface area contributed by atoms with Gasteiger partial charge in [0, 0.05) is 6.42 Å². The summed E-state index contributed by atoms with van der Waals surface area (Å²) in [5.41, 5.74) is 1.96. The molecule has 0 spiro atoms. The Bertz CT molecular complexity index is 849. The van der Waals surface area contributed by atoms with Crippen LogP contribution < -0.4 is 24.3 Å². The highest BCUT2D eigenvalue weighted by Crippen LogP contribution is 2.35. The zero-order valence-electron chi connectivity index (χ0n) is 17.5. The second-order valence-corrected chi connectivity index (χ2v) is 7.34. The van der Waals surface area contributed by atoms with Gasteiger partial charge in [-0.25, -0.2) is 0 Å². The summed E-state index contributed by atoms with van der Waals surface area (Å²) < 4.78 is 22.1. The minimum atomic E-state index is -0.106. The number of amides is 1. The molecule has 2 aromatic rings. The van der Waals surface area contributed by atoms with Crippen LogP contribution in [0.3, 0.4) is 0 Å². The summed E-state index contributed by atoms with van der Waals surface area (Å²) in [6.07, 6.45) is 0.926. The first-order chi connectivity index (χ1) is 14.0. The summed E-state index contributed by atoms with van der Waals surface area (Å²) in [5, 5.41) is 3.17. The lowest BCUT2D eigenvalue weighted by Crippen LogP contribution is -2.32. The van der Waals surface area contributed by atoms with E-state index in [1.165, 1.54) is 0 Å². The van der Waals surface area contributed by atoms with Gasteiger partial charge in [-0.15, -0.1) is 0 Å². The number of carbonyl (C=O) groups is 1. The van der Waals surface area contributed by atoms with E-state index in [9.17, 15) is 4.79 Å². The van der Waals surface area contributed by atoms with Crippen LogP contribution in [0.1, 0.15) is 37.4 Å². The number of aryl methyl sites for hydroxylation is 1. The minimum absolute atomic E-state index is 0.0107. The normalized spacial score (nSPS) is 13.7. The van der Waals surface area contributed by atoms with E-state index in [-0.39, 0.29) is 17.9 Å². The Hall–Kier alpha value is -2.89. The van der Waals surface area contributed by atoms with Crippen molar-refractivity contribution in [2.24, 2.45) is 5.92 Å². The molecule has 0 saturated carbocycles. The molecule has 1 aliphatic heterocycles. The average molecular weight is 399 g/mol. The van der Waals surface area contributed by atoms with Crippen LogP contribution >= 0.6 is 0 Å². The molecule has 29 heavy (non-hydrogen) atoms. The molecule has 0 saturated heterocycles. The van der Waals surface area contributed by atoms with Gasteiger partial charge in [-0.2, -0.15) is 0 Å². The summed E-state index contributed by atoms with van der Waals surface area (Å²) in [6, 6.07) is 11.5. The van der Waals surface area contributed by atoms with Crippen molar-refractivity contribution >= 4 is 5.91 Å². The Kier molecular flexibility index (Phi) is 6.86. The Labute approximate surface area is 172 Å². The molecule has 3 rings (SSSR count). The summed E-state index contributed by atoms with van der Waals surface area (Å²) in [6.45, 7) is 5.28. The quantitative estimate of drug-likeness (QED) is 0.729. The second kappa shape index (κ2) is 9.54. The van der Waals surface area contributed by atoms with Crippen molar-refractivity contribution in [3.05, 3.63) is 47.5 Å². The molecule has 0 fully saturated rings. The van der Waals surface area contributed by atoms with Gasteiger partial charge in [-0.1, -0.05) is 32.0 Å². The van der Waals surface area contributed by atoms with Crippen molar-refractivity contribution in [3.8, 4) is 23.0 Å². The fourth-order valence-electron chi connectivity index (χ4n) is 3.53. The highest BCUT2D eigenvalue weighted by atomic mass is 16.6. The lowest BCUT2D eigenvalue weighted by Gasteiger charge is -2.25. The molecule has 156 valence electrons. The van der Waals surface area contributed by atoms with Crippen LogP contribution in [0, 0.1) is 5.92 Å². The fourth-order valence-corrected chi connectivity index (χ4v) is 3.53. The van der Waals surface area contributed by atoms with Gasteiger partial charge >= 0.3 is 0 Å². The van der Waals surface area contributed by atoms with E-state index in [2.05, 4.69) is 19.2 Å². The molecule has 6 heteroatoms. The van der Waals surface area contributed by atoms with Crippen molar-refractivity contribution in [1.82, 2.24) is 5.32 Å². The van der Waals surface area contributed by atoms with E-state index < -0.39 is 0 Å². The van der Waals surface area contributed by atoms with Crippen molar-refractivity contribution in [1.29, 1.82) is 0 Å². The van der Waals surface area contributed by atoms with Crippen LogP contribution in [-0.4, -0.2) is 33.3 Å². The van der Waals surface area contributed by atoms with E-state index in [0.29, 0.717) is 37.6 Å². The number of methoxy groups -OCH3 is 2. The van der Waals surface area contributed by atoms with Crippen LogP contribution in [0.25, 0.3) is 0 Å². The van der Waals surface area contributed by atoms with E-state index in [0.717, 1.165) is 22.6 Å². The number of para-hydroxylation sites is 1. The largest absolute Gasteiger partial charge is 0.493 e. The Balaban J connectivity index is 1.68. The first-order valence-corrected chi connectivity index (χ1v) is 9.92. The van der Waals surface area contributed by atoms with Crippen LogP contribution in [-0.2, 0) is 11.2 Å². The van der Waals surface area contributed by atoms with Crippen LogP contribution in [0.2, 0.25) is 0 Å². The maximum absolute atomic E-state index is 12.7. The number of ether oxygens (including phenoxy) is 4. The van der Waals surface area contributed by atoms with Gasteiger partial charge in [-0.3, -0.25) is 4.79 Å². The lowest BCUT2D eigenvalue weighted by molar-refractivity contribution is -0.122. The number of hydrogen-bond acceptors (Lipinski definition) is 5. The zero-order valence-corrected chi connectivity index (χ0v) is 17.5. The Morgan fingerprint density at radius 1 is 1.07 bits per heavy atom. The summed E-state index contributed by atoms with van der Waals surface area (Å²) in [7, 11) is 3.22. The van der Waals surface area contributed by atoms with Crippen molar-refractivity contribution in [2.75, 3.05) is 27.4 Å². The highest BCUT2D eigenvalue weighted by molar-refractivity contribution is 5.77. The van der Waals surface area contributed by atoms with Gasteiger partial charge in [0.2, 0.25) is 5.91 Å². The number of carbonyl (C=O) groups excluding carboxylic acids is 1. The standard InChI is InChI=1S/C23H29NO5/c1-15(2)22(17-8-10-18-20(14-17)29-13-12-28-18)24-21(25)11-9-16-6-5-7-19(26-3)23(16)27-4/h5-8,10,14-15,22H,9,11-13H2,1-4H3,(H,24,25). The summed E-state index contributed by atoms with van der Waals surface area (Å²) >= 11 is 0. The molecule has 1 atom stereocenters. The van der Waals surface area contributed by atoms with E-state index in [1.807, 2.05) is 36.4 Å². The number of hydrogen-bond donors (Lipinski definition) is 1. The maximum Gasteiger partial charge on any atom is 0.220 e. The fraction of sp³-hybridized carbons (Fsp3) is 0.435. The van der Waals surface area contributed by atoms with Gasteiger partial charge in [0.1, 0.15) is 13.2 Å². The molecule has 6 nitrogen and oxygen atoms in total. The third-order valence-electron chi connectivity index (χ3n) is 5.01. The van der Waals surface area contributed by atoms with Gasteiger partial charge in [0.25, 0.3) is 0 Å². The SMILES string of the molecule is COc1cccc(CCC(=O)NC(c2ccc3c(c2)OCCO3)C(C)C)c1OC. The molecule has 0 bridgehead atoms. The molecule has 2 aromatic carbocycles. The van der Waals surface area contributed by atoms with Crippen molar-refractivity contribution in [2.45, 2.75) is 32.7 Å². The zero-order chi connectivity index (χ0) is 20.8. The molecule has 1 N–H and O–H groups in total. The third kappa shape index (κ3) is 4.94. The van der Waals surface area contributed by atoms with Gasteiger partial charge in [0.15, 0.2) is 23.0 Å². The molecule has 0 aliphatic carbocycles. The molecule has 0 aromatic heterocycles. The molecule has 1 amide bonds. The summed E-state index contributed by atoms with van der Waals surface area (Å²) in [4.78, 5) is 12.7. The van der Waals surface area contributed by atoms with Gasteiger partial charge < -0.3 is 24.3 Å². The third-order valence-corrected chi connectivity index (χ3v) is 5.01. The predicted octanol–water partition coefficient (Wildman–Crippen LogP) is 3.92. The van der Waals surface area contributed by atoms with Crippen molar-refractivity contribution in [3.63, 3.8) is 0 Å². The van der Waals surface area contributed by atoms with Crippen LogP contribution in [0.15, 0.2) is 36.4 Å². The minimum Gasteiger partial charge on any atom is -0.493 e. The average Bonchev–Trinajstić information content (AvgIpc) is 2.75. The first-order valence-electron chi connectivity index (χ1n) is 9.92. The van der Waals surface area contributed by atoms with Crippen LogP contribution in [0.5, 0.6) is 23.0 Å². The Morgan fingerprint density at radius 2 is 1.83 bits per heavy atom. The first kappa shape index (κ1) is 20.8. The second-order valence-electron chi connectivity index (χ2n) is 7.34. The topological polar surface area (TPSA) is 66.0 Å². The maximum atomic E-state index is 12.7. The monoisotopic (exact) mass is 399 g/mol. The van der Waals surface area contributed by atoms with E-state index in [4.69, 9.17) is 18.9 Å². The Morgan fingerprint density at radius 3 is 2.52 bits per heavy atom. The summed E-state index contributed by atoms with van der Waals surface area (Å²) in [5.74, 6) is 3.04. The molecule has 0 radical (unpaired) electrons. The number of fused-ring (bicyclic) bond motifs is 1.